The molecule has 0 aliphatic carbocycles. The van der Waals surface area contributed by atoms with Gasteiger partial charge in [-0.1, -0.05) is 0 Å². The Morgan fingerprint density at radius 2 is 1.77 bits per heavy atom. The molecular formula is C21H22N8O. The minimum atomic E-state index is 0.244. The van der Waals surface area contributed by atoms with E-state index in [9.17, 15) is 5.11 Å². The number of fused-ring (bicyclic) bond motifs is 1. The standard InChI is InChI=1S/C21H22N8O/c1-14-12-27(10-11-28(14)15-2-4-17(30)5-3-15)21-25-19(22)18-20(26-21)29(13-24-18)16-6-8-23-9-7-16/h2-9,13-14,30H,10-12H2,1H3,(H2,22,25,26)/t14-/m0/s1. The van der Waals surface area contributed by atoms with E-state index in [-0.39, 0.29) is 11.8 Å². The first-order chi connectivity index (χ1) is 14.6. The van der Waals surface area contributed by atoms with Crippen LogP contribution in [0, 0.1) is 0 Å². The topological polar surface area (TPSA) is 109 Å². The summed E-state index contributed by atoms with van der Waals surface area (Å²) in [6.07, 6.45) is 5.17. The number of piperazine rings is 1. The van der Waals surface area contributed by atoms with Gasteiger partial charge in [-0.25, -0.2) is 4.98 Å². The molecule has 1 aliphatic heterocycles. The van der Waals surface area contributed by atoms with Gasteiger partial charge in [-0.15, -0.1) is 0 Å². The maximum atomic E-state index is 9.55. The lowest BCUT2D eigenvalue weighted by Crippen LogP contribution is -2.52. The van der Waals surface area contributed by atoms with Crippen molar-refractivity contribution >= 4 is 28.6 Å². The van der Waals surface area contributed by atoms with E-state index in [0.29, 0.717) is 22.9 Å². The van der Waals surface area contributed by atoms with Gasteiger partial charge in [0, 0.05) is 43.8 Å². The number of nitrogens with two attached hydrogens (primary N) is 1. The molecule has 1 aromatic carbocycles. The summed E-state index contributed by atoms with van der Waals surface area (Å²) in [7, 11) is 0. The number of phenolic OH excluding ortho intramolecular Hbond substituents is 1. The summed E-state index contributed by atoms with van der Waals surface area (Å²) in [4.78, 5) is 22.3. The minimum absolute atomic E-state index is 0.244. The zero-order valence-electron chi connectivity index (χ0n) is 16.5. The zero-order valence-corrected chi connectivity index (χ0v) is 16.5. The summed E-state index contributed by atoms with van der Waals surface area (Å²) in [6.45, 7) is 4.51. The Balaban J connectivity index is 1.45. The van der Waals surface area contributed by atoms with Crippen molar-refractivity contribution in [2.75, 3.05) is 35.2 Å². The van der Waals surface area contributed by atoms with Gasteiger partial charge in [-0.3, -0.25) is 9.55 Å². The number of benzene rings is 1. The highest BCUT2D eigenvalue weighted by Crippen LogP contribution is 2.27. The van der Waals surface area contributed by atoms with E-state index in [1.807, 2.05) is 28.8 Å². The highest BCUT2D eigenvalue weighted by molar-refractivity contribution is 5.84. The van der Waals surface area contributed by atoms with Crippen molar-refractivity contribution in [3.63, 3.8) is 0 Å². The molecule has 1 fully saturated rings. The van der Waals surface area contributed by atoms with Gasteiger partial charge in [0.05, 0.1) is 5.69 Å². The van der Waals surface area contributed by atoms with E-state index in [0.717, 1.165) is 31.0 Å². The van der Waals surface area contributed by atoms with E-state index < -0.39 is 0 Å². The maximum Gasteiger partial charge on any atom is 0.229 e. The average Bonchev–Trinajstić information content (AvgIpc) is 3.20. The number of pyridine rings is 1. The van der Waals surface area contributed by atoms with Crippen LogP contribution in [0.1, 0.15) is 6.92 Å². The molecule has 152 valence electrons. The summed E-state index contributed by atoms with van der Waals surface area (Å²) in [5.41, 5.74) is 9.50. The quantitative estimate of drug-likeness (QED) is 0.537. The van der Waals surface area contributed by atoms with Crippen LogP contribution in [0.4, 0.5) is 17.5 Å². The molecule has 3 aromatic heterocycles. The van der Waals surface area contributed by atoms with Crippen LogP contribution in [0.15, 0.2) is 55.1 Å². The molecule has 4 heterocycles. The van der Waals surface area contributed by atoms with Crippen LogP contribution >= 0.6 is 0 Å². The Kier molecular flexibility index (Phi) is 4.35. The second kappa shape index (κ2) is 7.18. The minimum Gasteiger partial charge on any atom is -0.508 e. The molecular weight excluding hydrogens is 380 g/mol. The van der Waals surface area contributed by atoms with Crippen molar-refractivity contribution < 1.29 is 5.11 Å². The number of aromatic nitrogens is 5. The van der Waals surface area contributed by atoms with Crippen LogP contribution in [0.5, 0.6) is 5.75 Å². The van der Waals surface area contributed by atoms with Crippen molar-refractivity contribution in [3.8, 4) is 11.4 Å². The number of rotatable bonds is 3. The van der Waals surface area contributed by atoms with Gasteiger partial charge in [0.15, 0.2) is 17.0 Å². The number of phenols is 1. The third-order valence-electron chi connectivity index (χ3n) is 5.44. The normalized spacial score (nSPS) is 16.9. The summed E-state index contributed by atoms with van der Waals surface area (Å²) < 4.78 is 1.90. The predicted octanol–water partition coefficient (Wildman–Crippen LogP) is 2.21. The monoisotopic (exact) mass is 402 g/mol. The van der Waals surface area contributed by atoms with Crippen molar-refractivity contribution in [1.82, 2.24) is 24.5 Å². The Bertz CT molecular complexity index is 1180. The van der Waals surface area contributed by atoms with E-state index in [1.54, 1.807) is 30.9 Å². The van der Waals surface area contributed by atoms with Crippen molar-refractivity contribution in [2.45, 2.75) is 13.0 Å². The summed E-state index contributed by atoms with van der Waals surface area (Å²) in [5, 5.41) is 9.55. The first-order valence-corrected chi connectivity index (χ1v) is 9.82. The first-order valence-electron chi connectivity index (χ1n) is 9.82. The fourth-order valence-corrected chi connectivity index (χ4v) is 3.91. The molecule has 30 heavy (non-hydrogen) atoms. The van der Waals surface area contributed by atoms with E-state index in [4.69, 9.17) is 10.7 Å². The highest BCUT2D eigenvalue weighted by Gasteiger charge is 2.26. The second-order valence-corrected chi connectivity index (χ2v) is 7.41. The fourth-order valence-electron chi connectivity index (χ4n) is 3.91. The van der Waals surface area contributed by atoms with Gasteiger partial charge in [-0.05, 0) is 43.3 Å². The number of aromatic hydroxyl groups is 1. The molecule has 0 amide bonds. The fraction of sp³-hybridized carbons (Fsp3) is 0.238. The molecule has 1 atom stereocenters. The van der Waals surface area contributed by atoms with E-state index >= 15 is 0 Å². The molecule has 1 saturated heterocycles. The lowest BCUT2D eigenvalue weighted by Gasteiger charge is -2.41. The molecule has 0 radical (unpaired) electrons. The maximum absolute atomic E-state index is 9.55. The lowest BCUT2D eigenvalue weighted by atomic mass is 10.1. The zero-order chi connectivity index (χ0) is 20.7. The average molecular weight is 402 g/mol. The molecule has 4 aromatic rings. The van der Waals surface area contributed by atoms with Gasteiger partial charge in [-0.2, -0.15) is 9.97 Å². The number of imidazole rings is 1. The van der Waals surface area contributed by atoms with Crippen LogP contribution in [-0.2, 0) is 0 Å². The molecule has 0 unspecified atom stereocenters. The molecule has 0 bridgehead atoms. The summed E-state index contributed by atoms with van der Waals surface area (Å²) >= 11 is 0. The van der Waals surface area contributed by atoms with Gasteiger partial charge in [0.2, 0.25) is 5.95 Å². The third-order valence-corrected chi connectivity index (χ3v) is 5.44. The lowest BCUT2D eigenvalue weighted by molar-refractivity contribution is 0.475. The van der Waals surface area contributed by atoms with Gasteiger partial charge >= 0.3 is 0 Å². The Morgan fingerprint density at radius 3 is 2.50 bits per heavy atom. The highest BCUT2D eigenvalue weighted by atomic mass is 16.3. The Hall–Kier alpha value is -3.88. The molecule has 0 spiro atoms. The third kappa shape index (κ3) is 3.14. The van der Waals surface area contributed by atoms with E-state index in [1.165, 1.54) is 0 Å². The molecule has 9 nitrogen and oxygen atoms in total. The van der Waals surface area contributed by atoms with Crippen molar-refractivity contribution in [1.29, 1.82) is 0 Å². The van der Waals surface area contributed by atoms with Crippen LogP contribution in [0.3, 0.4) is 0 Å². The van der Waals surface area contributed by atoms with Crippen LogP contribution in [0.2, 0.25) is 0 Å². The van der Waals surface area contributed by atoms with Crippen molar-refractivity contribution in [2.24, 2.45) is 0 Å². The van der Waals surface area contributed by atoms with Crippen molar-refractivity contribution in [3.05, 3.63) is 55.1 Å². The van der Waals surface area contributed by atoms with Crippen LogP contribution in [-0.4, -0.2) is 55.3 Å². The summed E-state index contributed by atoms with van der Waals surface area (Å²) in [5.74, 6) is 1.25. The second-order valence-electron chi connectivity index (χ2n) is 7.41. The first kappa shape index (κ1) is 18.2. The number of nitrogens with zero attached hydrogens (tertiary/aromatic N) is 7. The van der Waals surface area contributed by atoms with Gasteiger partial charge in [0.25, 0.3) is 0 Å². The predicted molar refractivity (Wildman–Crippen MR) is 116 cm³/mol. The van der Waals surface area contributed by atoms with E-state index in [2.05, 4.69) is 31.7 Å². The molecule has 9 heteroatoms. The molecule has 3 N–H and O–H groups in total. The molecule has 1 aliphatic rings. The number of nitrogen functional groups attached to an aromatic ring is 1. The van der Waals surface area contributed by atoms with Crippen LogP contribution in [0.25, 0.3) is 16.9 Å². The number of hydrogen-bond acceptors (Lipinski definition) is 8. The van der Waals surface area contributed by atoms with Gasteiger partial charge in [0.1, 0.15) is 12.1 Å². The number of hydrogen-bond donors (Lipinski definition) is 2. The largest absolute Gasteiger partial charge is 0.508 e. The Morgan fingerprint density at radius 1 is 1.00 bits per heavy atom. The smallest absolute Gasteiger partial charge is 0.229 e. The molecule has 0 saturated carbocycles. The SMILES string of the molecule is C[C@H]1CN(c2nc(N)c3ncn(-c4ccncc4)c3n2)CCN1c1ccc(O)cc1. The van der Waals surface area contributed by atoms with Crippen LogP contribution < -0.4 is 15.5 Å². The van der Waals surface area contributed by atoms with Gasteiger partial charge < -0.3 is 20.6 Å². The Labute approximate surface area is 173 Å². The number of anilines is 3. The molecule has 5 rings (SSSR count). The summed E-state index contributed by atoms with van der Waals surface area (Å²) in [6, 6.07) is 11.4.